The molecule has 5 heteroatoms. The van der Waals surface area contributed by atoms with Gasteiger partial charge in [-0.25, -0.2) is 4.98 Å². The van der Waals surface area contributed by atoms with Crippen LogP contribution >= 0.6 is 15.9 Å². The van der Waals surface area contributed by atoms with E-state index >= 15 is 0 Å². The fourth-order valence-electron chi connectivity index (χ4n) is 2.01. The summed E-state index contributed by atoms with van der Waals surface area (Å²) >= 11 is 3.52. The average Bonchev–Trinajstić information content (AvgIpc) is 2.53. The monoisotopic (exact) mass is 362 g/mol. The molecule has 0 atom stereocenters. The number of hydrogen-bond acceptors (Lipinski definition) is 4. The predicted octanol–water partition coefficient (Wildman–Crippen LogP) is 3.95. The van der Waals surface area contributed by atoms with Crippen LogP contribution in [-0.2, 0) is 22.5 Å². The molecule has 1 N–H and O–H groups in total. The fourth-order valence-corrected chi connectivity index (χ4v) is 2.54. The second-order valence-corrected chi connectivity index (χ2v) is 5.67. The second kappa shape index (κ2) is 8.54. The van der Waals surface area contributed by atoms with Crippen molar-refractivity contribution in [3.63, 3.8) is 0 Å². The maximum atomic E-state index is 11.4. The van der Waals surface area contributed by atoms with Crippen LogP contribution in [-0.4, -0.2) is 17.6 Å². The lowest BCUT2D eigenvalue weighted by molar-refractivity contribution is -0.143. The number of nitrogens with one attached hydrogen (secondary N) is 1. The summed E-state index contributed by atoms with van der Waals surface area (Å²) in [6.45, 7) is 2.95. The third kappa shape index (κ3) is 5.15. The summed E-state index contributed by atoms with van der Waals surface area (Å²) in [6.07, 6.45) is 2.79. The van der Waals surface area contributed by atoms with E-state index < -0.39 is 0 Å². The highest BCUT2D eigenvalue weighted by Gasteiger charge is 2.06. The van der Waals surface area contributed by atoms with Crippen molar-refractivity contribution in [2.24, 2.45) is 0 Å². The minimum absolute atomic E-state index is 0.176. The molecule has 0 amide bonds. The summed E-state index contributed by atoms with van der Waals surface area (Å²) in [5.41, 5.74) is 2.20. The van der Waals surface area contributed by atoms with Gasteiger partial charge in [0.25, 0.3) is 0 Å². The van der Waals surface area contributed by atoms with Crippen molar-refractivity contribution in [3.05, 3.63) is 58.2 Å². The SMILES string of the molecule is CCOC(=O)CCc1cnc(NCc2ccccc2)c(Br)c1. The van der Waals surface area contributed by atoms with Gasteiger partial charge in [-0.05, 0) is 46.5 Å². The molecule has 0 saturated heterocycles. The van der Waals surface area contributed by atoms with E-state index in [-0.39, 0.29) is 5.97 Å². The maximum Gasteiger partial charge on any atom is 0.306 e. The Kier molecular flexibility index (Phi) is 6.40. The highest BCUT2D eigenvalue weighted by atomic mass is 79.9. The predicted molar refractivity (Wildman–Crippen MR) is 90.7 cm³/mol. The molecule has 0 spiro atoms. The lowest BCUT2D eigenvalue weighted by Crippen LogP contribution is -2.06. The van der Waals surface area contributed by atoms with E-state index in [4.69, 9.17) is 4.74 Å². The molecule has 116 valence electrons. The van der Waals surface area contributed by atoms with Crippen LogP contribution < -0.4 is 5.32 Å². The first-order valence-corrected chi connectivity index (χ1v) is 8.06. The van der Waals surface area contributed by atoms with Gasteiger partial charge in [0.05, 0.1) is 11.1 Å². The number of benzene rings is 1. The molecule has 1 heterocycles. The van der Waals surface area contributed by atoms with Gasteiger partial charge < -0.3 is 10.1 Å². The molecule has 0 saturated carbocycles. The first-order chi connectivity index (χ1) is 10.7. The lowest BCUT2D eigenvalue weighted by Gasteiger charge is -2.09. The third-order valence-electron chi connectivity index (χ3n) is 3.12. The van der Waals surface area contributed by atoms with Crippen molar-refractivity contribution in [2.45, 2.75) is 26.3 Å². The summed E-state index contributed by atoms with van der Waals surface area (Å²) in [6, 6.07) is 12.1. The Morgan fingerprint density at radius 1 is 1.27 bits per heavy atom. The molecule has 1 aromatic carbocycles. The number of carbonyl (C=O) groups is 1. The molecular weight excluding hydrogens is 344 g/mol. The molecule has 0 unspecified atom stereocenters. The molecule has 0 radical (unpaired) electrons. The normalized spacial score (nSPS) is 10.3. The molecule has 0 aliphatic heterocycles. The number of halogens is 1. The minimum Gasteiger partial charge on any atom is -0.466 e. The number of pyridine rings is 1. The molecular formula is C17H19BrN2O2. The number of aryl methyl sites for hydroxylation is 1. The zero-order valence-electron chi connectivity index (χ0n) is 12.5. The van der Waals surface area contributed by atoms with Gasteiger partial charge in [-0.1, -0.05) is 30.3 Å². The number of hydrogen-bond donors (Lipinski definition) is 1. The number of carbonyl (C=O) groups excluding carboxylic acids is 1. The van der Waals surface area contributed by atoms with Crippen LogP contribution in [0.5, 0.6) is 0 Å². The van der Waals surface area contributed by atoms with Crippen LogP contribution in [0.2, 0.25) is 0 Å². The van der Waals surface area contributed by atoms with E-state index in [0.29, 0.717) is 26.0 Å². The first kappa shape index (κ1) is 16.5. The van der Waals surface area contributed by atoms with E-state index in [9.17, 15) is 4.79 Å². The highest BCUT2D eigenvalue weighted by molar-refractivity contribution is 9.10. The van der Waals surface area contributed by atoms with Crippen LogP contribution in [0.4, 0.5) is 5.82 Å². The molecule has 0 aliphatic carbocycles. The molecule has 2 rings (SSSR count). The zero-order chi connectivity index (χ0) is 15.8. The Hall–Kier alpha value is -1.88. The molecule has 0 fully saturated rings. The molecule has 4 nitrogen and oxygen atoms in total. The van der Waals surface area contributed by atoms with Crippen molar-refractivity contribution < 1.29 is 9.53 Å². The van der Waals surface area contributed by atoms with E-state index in [1.54, 1.807) is 6.20 Å². The van der Waals surface area contributed by atoms with Crippen molar-refractivity contribution in [3.8, 4) is 0 Å². The summed E-state index contributed by atoms with van der Waals surface area (Å²) < 4.78 is 5.82. The van der Waals surface area contributed by atoms with Crippen LogP contribution in [0.3, 0.4) is 0 Å². The highest BCUT2D eigenvalue weighted by Crippen LogP contribution is 2.22. The van der Waals surface area contributed by atoms with Gasteiger partial charge in [-0.3, -0.25) is 4.79 Å². The van der Waals surface area contributed by atoms with Gasteiger partial charge in [-0.2, -0.15) is 0 Å². The quantitative estimate of drug-likeness (QED) is 0.757. The van der Waals surface area contributed by atoms with Crippen LogP contribution in [0.15, 0.2) is 47.1 Å². The number of esters is 1. The van der Waals surface area contributed by atoms with Gasteiger partial charge in [0.1, 0.15) is 5.82 Å². The fraction of sp³-hybridized carbons (Fsp3) is 0.294. The minimum atomic E-state index is -0.176. The van der Waals surface area contributed by atoms with E-state index in [2.05, 4.69) is 38.4 Å². The summed E-state index contributed by atoms with van der Waals surface area (Å²) in [4.78, 5) is 15.8. The smallest absolute Gasteiger partial charge is 0.306 e. The lowest BCUT2D eigenvalue weighted by atomic mass is 10.1. The van der Waals surface area contributed by atoms with Gasteiger partial charge in [0, 0.05) is 19.2 Å². The number of aromatic nitrogens is 1. The van der Waals surface area contributed by atoms with Crippen molar-refractivity contribution in [1.82, 2.24) is 4.98 Å². The third-order valence-corrected chi connectivity index (χ3v) is 3.73. The number of nitrogens with zero attached hydrogens (tertiary/aromatic N) is 1. The molecule has 2 aromatic rings. The Morgan fingerprint density at radius 2 is 2.05 bits per heavy atom. The van der Waals surface area contributed by atoms with Crippen LogP contribution in [0.25, 0.3) is 0 Å². The second-order valence-electron chi connectivity index (χ2n) is 4.82. The number of ether oxygens (including phenoxy) is 1. The zero-order valence-corrected chi connectivity index (χ0v) is 14.1. The maximum absolute atomic E-state index is 11.4. The Balaban J connectivity index is 1.90. The summed E-state index contributed by atoms with van der Waals surface area (Å²) in [5.74, 6) is 0.619. The summed E-state index contributed by atoms with van der Waals surface area (Å²) in [7, 11) is 0. The largest absolute Gasteiger partial charge is 0.466 e. The van der Waals surface area contributed by atoms with Gasteiger partial charge in [0.15, 0.2) is 0 Å². The van der Waals surface area contributed by atoms with Gasteiger partial charge >= 0.3 is 5.97 Å². The van der Waals surface area contributed by atoms with E-state index in [0.717, 1.165) is 15.9 Å². The van der Waals surface area contributed by atoms with Crippen molar-refractivity contribution in [1.29, 1.82) is 0 Å². The Labute approximate surface area is 139 Å². The number of rotatable bonds is 7. The van der Waals surface area contributed by atoms with Crippen molar-refractivity contribution in [2.75, 3.05) is 11.9 Å². The topological polar surface area (TPSA) is 51.2 Å². The van der Waals surface area contributed by atoms with Gasteiger partial charge in [-0.15, -0.1) is 0 Å². The first-order valence-electron chi connectivity index (χ1n) is 7.27. The average molecular weight is 363 g/mol. The Morgan fingerprint density at radius 3 is 2.73 bits per heavy atom. The molecule has 22 heavy (non-hydrogen) atoms. The summed E-state index contributed by atoms with van der Waals surface area (Å²) in [5, 5.41) is 3.29. The van der Waals surface area contributed by atoms with Crippen LogP contribution in [0.1, 0.15) is 24.5 Å². The molecule has 1 aromatic heterocycles. The Bertz CT molecular complexity index is 617. The standard InChI is InChI=1S/C17H19BrN2O2/c1-2-22-16(21)9-8-14-10-15(18)17(20-12-14)19-11-13-6-4-3-5-7-13/h3-7,10,12H,2,8-9,11H2,1H3,(H,19,20). The van der Waals surface area contributed by atoms with E-state index in [1.807, 2.05) is 31.2 Å². The van der Waals surface area contributed by atoms with Gasteiger partial charge in [0.2, 0.25) is 0 Å². The molecule has 0 aliphatic rings. The van der Waals surface area contributed by atoms with Crippen LogP contribution in [0, 0.1) is 0 Å². The molecule has 0 bridgehead atoms. The van der Waals surface area contributed by atoms with E-state index in [1.165, 1.54) is 5.56 Å². The number of anilines is 1. The van der Waals surface area contributed by atoms with Crippen molar-refractivity contribution >= 4 is 27.7 Å².